The van der Waals surface area contributed by atoms with Crippen LogP contribution in [0, 0.1) is 11.7 Å². The molecule has 1 aliphatic carbocycles. The van der Waals surface area contributed by atoms with E-state index in [-0.39, 0.29) is 22.9 Å². The van der Waals surface area contributed by atoms with Gasteiger partial charge in [-0.1, -0.05) is 49.4 Å². The molecule has 8 nitrogen and oxygen atoms in total. The molecule has 0 aliphatic heterocycles. The van der Waals surface area contributed by atoms with Crippen molar-refractivity contribution in [1.82, 2.24) is 5.32 Å². The average Bonchev–Trinajstić information content (AvgIpc) is 3.41. The number of benzene rings is 3. The van der Waals surface area contributed by atoms with Crippen molar-refractivity contribution >= 4 is 63.6 Å². The third kappa shape index (κ3) is 8.09. The second-order valence-corrected chi connectivity index (χ2v) is 12.9. The molecule has 1 unspecified atom stereocenters. The zero-order valence-corrected chi connectivity index (χ0v) is 26.9. The summed E-state index contributed by atoms with van der Waals surface area (Å²) < 4.78 is 19.5. The molecular formula is C35H32FN3O5S2. The van der Waals surface area contributed by atoms with Gasteiger partial charge in [-0.25, -0.2) is 9.18 Å². The van der Waals surface area contributed by atoms with Gasteiger partial charge in [0.25, 0.3) is 11.8 Å². The molecule has 0 radical (unpaired) electrons. The predicted octanol–water partition coefficient (Wildman–Crippen LogP) is 6.94. The summed E-state index contributed by atoms with van der Waals surface area (Å²) in [6.45, 7) is 2.17. The van der Waals surface area contributed by atoms with E-state index in [2.05, 4.69) is 22.9 Å². The van der Waals surface area contributed by atoms with Crippen LogP contribution in [0.15, 0.2) is 89.5 Å². The molecule has 1 atom stereocenters. The highest BCUT2D eigenvalue weighted by Gasteiger charge is 2.29. The molecule has 0 spiro atoms. The molecule has 5 rings (SSSR count). The maximum Gasteiger partial charge on any atom is 0.341 e. The molecule has 1 heterocycles. The first-order valence-electron chi connectivity index (χ1n) is 14.6. The van der Waals surface area contributed by atoms with Crippen molar-refractivity contribution < 1.29 is 28.3 Å². The minimum absolute atomic E-state index is 0.0581. The highest BCUT2D eigenvalue weighted by molar-refractivity contribution is 8.00. The number of fused-ring (bicyclic) bond motifs is 1. The number of nitrogens with one attached hydrogen (secondary N) is 3. The Morgan fingerprint density at radius 3 is 2.52 bits per heavy atom. The summed E-state index contributed by atoms with van der Waals surface area (Å²) in [6, 6.07) is 21.2. The van der Waals surface area contributed by atoms with Crippen LogP contribution in [0.25, 0.3) is 6.08 Å². The van der Waals surface area contributed by atoms with Crippen LogP contribution in [-0.2, 0) is 27.2 Å². The van der Waals surface area contributed by atoms with Crippen LogP contribution in [0.4, 0.5) is 15.1 Å². The van der Waals surface area contributed by atoms with Crippen molar-refractivity contribution in [2.45, 2.75) is 31.1 Å². The Morgan fingerprint density at radius 2 is 1.76 bits per heavy atom. The first kappa shape index (κ1) is 32.6. The molecule has 0 fully saturated rings. The molecule has 0 bridgehead atoms. The maximum atomic E-state index is 14.4. The van der Waals surface area contributed by atoms with Crippen LogP contribution in [0.3, 0.4) is 0 Å². The lowest BCUT2D eigenvalue weighted by atomic mass is 9.88. The van der Waals surface area contributed by atoms with Gasteiger partial charge < -0.3 is 20.7 Å². The number of carbonyl (C=O) groups excluding carboxylic acids is 4. The topological polar surface area (TPSA) is 114 Å². The molecular weight excluding hydrogens is 626 g/mol. The number of amides is 3. The smallest absolute Gasteiger partial charge is 0.341 e. The van der Waals surface area contributed by atoms with E-state index < -0.39 is 23.6 Å². The molecule has 3 amide bonds. The van der Waals surface area contributed by atoms with Crippen LogP contribution < -0.4 is 16.0 Å². The monoisotopic (exact) mass is 657 g/mol. The van der Waals surface area contributed by atoms with E-state index in [0.29, 0.717) is 32.6 Å². The number of rotatable bonds is 10. The third-order valence-electron chi connectivity index (χ3n) is 7.35. The van der Waals surface area contributed by atoms with Gasteiger partial charge in [0.05, 0.1) is 18.4 Å². The fourth-order valence-electron chi connectivity index (χ4n) is 5.02. The Morgan fingerprint density at radius 1 is 1.00 bits per heavy atom. The summed E-state index contributed by atoms with van der Waals surface area (Å²) in [5, 5.41) is 8.76. The summed E-state index contributed by atoms with van der Waals surface area (Å²) in [5.74, 6) is -1.90. The van der Waals surface area contributed by atoms with Crippen LogP contribution in [-0.4, -0.2) is 36.6 Å². The van der Waals surface area contributed by atoms with Gasteiger partial charge in [-0.3, -0.25) is 14.4 Å². The van der Waals surface area contributed by atoms with E-state index in [4.69, 9.17) is 4.74 Å². The minimum Gasteiger partial charge on any atom is -0.465 e. The lowest BCUT2D eigenvalue weighted by Crippen LogP contribution is -2.30. The summed E-state index contributed by atoms with van der Waals surface area (Å²) in [4.78, 5) is 53.6. The quantitative estimate of drug-likeness (QED) is 0.0968. The fourth-order valence-corrected chi connectivity index (χ4v) is 7.19. The summed E-state index contributed by atoms with van der Waals surface area (Å²) in [5.41, 5.74) is 2.14. The summed E-state index contributed by atoms with van der Waals surface area (Å²) >= 11 is 2.68. The van der Waals surface area contributed by atoms with E-state index in [1.165, 1.54) is 54.5 Å². The van der Waals surface area contributed by atoms with Crippen LogP contribution in [0.2, 0.25) is 0 Å². The number of thioether (sulfide) groups is 1. The van der Waals surface area contributed by atoms with Crippen LogP contribution in [0.1, 0.15) is 50.1 Å². The fraction of sp³-hybridized carbons (Fsp3) is 0.200. The van der Waals surface area contributed by atoms with Gasteiger partial charge >= 0.3 is 5.97 Å². The zero-order chi connectivity index (χ0) is 32.6. The van der Waals surface area contributed by atoms with E-state index in [1.807, 2.05) is 0 Å². The Balaban J connectivity index is 1.27. The lowest BCUT2D eigenvalue weighted by molar-refractivity contribution is -0.114. The third-order valence-corrected chi connectivity index (χ3v) is 9.51. The van der Waals surface area contributed by atoms with E-state index in [1.54, 1.807) is 60.7 Å². The number of halogens is 1. The van der Waals surface area contributed by atoms with Gasteiger partial charge in [0.2, 0.25) is 5.91 Å². The van der Waals surface area contributed by atoms with Crippen LogP contribution >= 0.6 is 23.1 Å². The highest BCUT2D eigenvalue weighted by atomic mass is 32.2. The first-order chi connectivity index (χ1) is 22.2. The van der Waals surface area contributed by atoms with Crippen molar-refractivity contribution in [1.29, 1.82) is 0 Å². The highest BCUT2D eigenvalue weighted by Crippen LogP contribution is 2.40. The second kappa shape index (κ2) is 15.0. The number of esters is 1. The molecule has 4 aromatic rings. The average molecular weight is 658 g/mol. The maximum absolute atomic E-state index is 14.4. The molecule has 46 heavy (non-hydrogen) atoms. The normalized spacial score (nSPS) is 14.2. The van der Waals surface area contributed by atoms with E-state index in [0.717, 1.165) is 29.7 Å². The molecule has 1 aromatic heterocycles. The van der Waals surface area contributed by atoms with Crippen molar-refractivity contribution in [3.8, 4) is 0 Å². The Bertz CT molecular complexity index is 1800. The predicted molar refractivity (Wildman–Crippen MR) is 180 cm³/mol. The molecule has 0 saturated carbocycles. The minimum atomic E-state index is -0.654. The van der Waals surface area contributed by atoms with E-state index in [9.17, 15) is 23.6 Å². The van der Waals surface area contributed by atoms with Crippen molar-refractivity contribution in [2.75, 3.05) is 23.5 Å². The van der Waals surface area contributed by atoms with Gasteiger partial charge in [0, 0.05) is 26.6 Å². The lowest BCUT2D eigenvalue weighted by Gasteiger charge is -2.18. The van der Waals surface area contributed by atoms with Gasteiger partial charge in [-0.2, -0.15) is 0 Å². The molecule has 0 saturated heterocycles. The Labute approximate surface area is 274 Å². The Hall–Kier alpha value is -4.74. The number of hydrogen-bond donors (Lipinski definition) is 3. The van der Waals surface area contributed by atoms with Crippen molar-refractivity contribution in [3.63, 3.8) is 0 Å². The Kier molecular flexibility index (Phi) is 10.7. The number of hydrogen-bond acceptors (Lipinski definition) is 7. The second-order valence-electron chi connectivity index (χ2n) is 10.8. The first-order valence-corrected chi connectivity index (χ1v) is 16.4. The number of anilines is 2. The van der Waals surface area contributed by atoms with Crippen LogP contribution in [0.5, 0.6) is 0 Å². The molecule has 3 aromatic carbocycles. The van der Waals surface area contributed by atoms with Gasteiger partial charge in [-0.15, -0.1) is 23.1 Å². The van der Waals surface area contributed by atoms with Gasteiger partial charge in [0.1, 0.15) is 16.5 Å². The molecule has 11 heteroatoms. The number of ether oxygens (including phenoxy) is 1. The number of thiophene rings is 1. The molecule has 3 N–H and O–H groups in total. The number of methoxy groups -OCH3 is 1. The molecule has 1 aliphatic rings. The summed E-state index contributed by atoms with van der Waals surface area (Å²) in [7, 11) is 1.33. The van der Waals surface area contributed by atoms with E-state index >= 15 is 0 Å². The van der Waals surface area contributed by atoms with Crippen molar-refractivity contribution in [3.05, 3.63) is 118 Å². The van der Waals surface area contributed by atoms with Gasteiger partial charge in [0.15, 0.2) is 0 Å². The summed E-state index contributed by atoms with van der Waals surface area (Å²) in [6.07, 6.45) is 3.89. The standard InChI is InChI=1S/C35H32FN3O5S2/c1-21-15-16-26-29(17-21)46-34(31(26)35(43)44-2)39-30(40)20-45-25-13-8-12-24(19-25)37-33(42)28(18-23-11-6-7-14-27(23)36)38-32(41)22-9-4-3-5-10-22/h3-14,18-19,21H,15-17,20H2,1-2H3,(H,37,42)(H,38,41)(H,39,40)/b28-18-. The SMILES string of the molecule is COC(=O)c1c(NC(=O)CSc2cccc(NC(=O)/C(=C/c3ccccc3F)NC(=O)c3ccccc3)c2)sc2c1CCC(C)C2. The zero-order valence-electron chi connectivity index (χ0n) is 25.2. The number of carbonyl (C=O) groups is 4. The largest absolute Gasteiger partial charge is 0.465 e. The van der Waals surface area contributed by atoms with Crippen molar-refractivity contribution in [2.24, 2.45) is 5.92 Å². The molecule has 236 valence electrons. The van der Waals surface area contributed by atoms with Gasteiger partial charge in [-0.05, 0) is 73.2 Å².